The number of hydrogen-bond donors (Lipinski definition) is 2. The molecule has 2 N–H and O–H groups in total. The summed E-state index contributed by atoms with van der Waals surface area (Å²) >= 11 is 0. The number of aromatic nitrogens is 2. The summed E-state index contributed by atoms with van der Waals surface area (Å²) in [5, 5.41) is 4.25. The number of H-pyrrole nitrogens is 1. The van der Waals surface area contributed by atoms with Gasteiger partial charge in [-0.25, -0.2) is 9.37 Å². The molecule has 2 amide bonds. The van der Waals surface area contributed by atoms with Crippen molar-refractivity contribution in [1.82, 2.24) is 35.3 Å². The number of pyridine rings is 1. The molecule has 0 bridgehead atoms. The summed E-state index contributed by atoms with van der Waals surface area (Å²) in [4.78, 5) is 40.5. The Kier molecular flexibility index (Phi) is 9.31. The standard InChI is InChI=1S/C37H41FN8O4/c1-42-15-20-46(41-42)14-11-34(47)45-13-6-7-25(24-45)28-22-29(27-8-4-5-9-32(27)50-3)30-23-31(40-36(30)35(28)38)37(48)44-18-16-43(17-19-44)33-21-26(49-2)10-12-39-33/h4-5,7-10,12,15,20-23,40-41H,6,11,13-14,16-19,24H2,1-3H3. The second-order valence-corrected chi connectivity index (χ2v) is 12.6. The van der Waals surface area contributed by atoms with E-state index < -0.39 is 5.82 Å². The van der Waals surface area contributed by atoms with Gasteiger partial charge in [-0.3, -0.25) is 19.6 Å². The maximum atomic E-state index is 16.7. The minimum atomic E-state index is -0.457. The Morgan fingerprint density at radius 1 is 0.920 bits per heavy atom. The van der Waals surface area contributed by atoms with Gasteiger partial charge in [0.1, 0.15) is 23.0 Å². The first kappa shape index (κ1) is 33.0. The molecule has 0 saturated carbocycles. The average Bonchev–Trinajstić information content (AvgIpc) is 3.81. The quantitative estimate of drug-likeness (QED) is 0.264. The number of nitrogens with zero attached hydrogens (tertiary/aromatic N) is 6. The number of hydrazine groups is 2. The van der Waals surface area contributed by atoms with Crippen molar-refractivity contribution >= 4 is 34.1 Å². The van der Waals surface area contributed by atoms with Crippen molar-refractivity contribution in [3.63, 3.8) is 0 Å². The van der Waals surface area contributed by atoms with Gasteiger partial charge in [-0.1, -0.05) is 24.3 Å². The highest BCUT2D eigenvalue weighted by molar-refractivity contribution is 6.05. The Hall–Kier alpha value is -5.56. The van der Waals surface area contributed by atoms with Gasteiger partial charge < -0.3 is 29.2 Å². The Balaban J connectivity index is 1.16. The molecule has 2 aromatic carbocycles. The van der Waals surface area contributed by atoms with Crippen LogP contribution in [0.2, 0.25) is 0 Å². The summed E-state index contributed by atoms with van der Waals surface area (Å²) in [5.74, 6) is 1.50. The molecule has 0 radical (unpaired) electrons. The van der Waals surface area contributed by atoms with Crippen molar-refractivity contribution in [3.8, 4) is 22.6 Å². The van der Waals surface area contributed by atoms with Crippen LogP contribution in [0.3, 0.4) is 0 Å². The smallest absolute Gasteiger partial charge is 0.270 e. The van der Waals surface area contributed by atoms with E-state index in [1.807, 2.05) is 71.9 Å². The number of fused-ring (bicyclic) bond motifs is 1. The van der Waals surface area contributed by atoms with Crippen LogP contribution in [0.1, 0.15) is 28.9 Å². The topological polar surface area (TPSA) is 110 Å². The third-order valence-corrected chi connectivity index (χ3v) is 9.50. The van der Waals surface area contributed by atoms with Crippen molar-refractivity contribution in [2.24, 2.45) is 0 Å². The monoisotopic (exact) mass is 680 g/mol. The lowest BCUT2D eigenvalue weighted by molar-refractivity contribution is -0.131. The molecule has 3 aliphatic heterocycles. The zero-order valence-corrected chi connectivity index (χ0v) is 28.5. The molecule has 4 aromatic rings. The molecule has 260 valence electrons. The highest BCUT2D eigenvalue weighted by Gasteiger charge is 2.28. The molecule has 50 heavy (non-hydrogen) atoms. The Morgan fingerprint density at radius 2 is 1.74 bits per heavy atom. The van der Waals surface area contributed by atoms with E-state index in [2.05, 4.69) is 20.4 Å². The zero-order chi connectivity index (χ0) is 34.8. The van der Waals surface area contributed by atoms with Crippen LogP contribution in [0.25, 0.3) is 27.6 Å². The fraction of sp³-hybridized carbons (Fsp3) is 0.324. The third-order valence-electron chi connectivity index (χ3n) is 9.50. The molecule has 5 heterocycles. The number of ether oxygens (including phenoxy) is 2. The van der Waals surface area contributed by atoms with Crippen LogP contribution in [0.5, 0.6) is 11.5 Å². The second-order valence-electron chi connectivity index (χ2n) is 12.6. The predicted octanol–water partition coefficient (Wildman–Crippen LogP) is 4.49. The van der Waals surface area contributed by atoms with Crippen LogP contribution < -0.4 is 19.9 Å². The fourth-order valence-corrected chi connectivity index (χ4v) is 6.81. The van der Waals surface area contributed by atoms with Gasteiger partial charge in [-0.2, -0.15) is 0 Å². The molecule has 7 rings (SSSR count). The molecule has 3 aliphatic rings. The van der Waals surface area contributed by atoms with Gasteiger partial charge in [0.2, 0.25) is 5.91 Å². The van der Waals surface area contributed by atoms with Crippen molar-refractivity contribution in [2.45, 2.75) is 12.8 Å². The molecule has 12 nitrogen and oxygen atoms in total. The first-order chi connectivity index (χ1) is 24.3. The molecule has 0 unspecified atom stereocenters. The number of methoxy groups -OCH3 is 2. The van der Waals surface area contributed by atoms with Crippen molar-refractivity contribution in [1.29, 1.82) is 0 Å². The molecule has 0 atom stereocenters. The van der Waals surface area contributed by atoms with Gasteiger partial charge in [0.25, 0.3) is 5.91 Å². The number of aromatic amines is 1. The Labute approximate surface area is 290 Å². The number of rotatable bonds is 9. The highest BCUT2D eigenvalue weighted by atomic mass is 19.1. The highest BCUT2D eigenvalue weighted by Crippen LogP contribution is 2.40. The first-order valence-electron chi connectivity index (χ1n) is 16.8. The predicted molar refractivity (Wildman–Crippen MR) is 190 cm³/mol. The van der Waals surface area contributed by atoms with Crippen LogP contribution in [-0.2, 0) is 4.79 Å². The van der Waals surface area contributed by atoms with Crippen molar-refractivity contribution < 1.29 is 23.5 Å². The van der Waals surface area contributed by atoms with Crippen LogP contribution in [0.15, 0.2) is 73.2 Å². The second kappa shape index (κ2) is 14.1. The minimum absolute atomic E-state index is 0.00169. The van der Waals surface area contributed by atoms with Crippen molar-refractivity contribution in [2.75, 3.05) is 72.0 Å². The SMILES string of the molecule is COc1ccnc(N2CCN(C(=O)c3cc4c(-c5ccccc5OC)cc(C5=CCCN(C(=O)CCN6C=CN(C)N6)C5)c(F)c4[nH]3)CC2)c1. The first-order valence-corrected chi connectivity index (χ1v) is 16.8. The Morgan fingerprint density at radius 3 is 2.50 bits per heavy atom. The number of anilines is 1. The number of hydrogen-bond acceptors (Lipinski definition) is 9. The van der Waals surface area contributed by atoms with Crippen molar-refractivity contribution in [3.05, 3.63) is 90.3 Å². The summed E-state index contributed by atoms with van der Waals surface area (Å²) in [6.07, 6.45) is 8.41. The summed E-state index contributed by atoms with van der Waals surface area (Å²) in [5.41, 5.74) is 6.30. The average molecular weight is 681 g/mol. The van der Waals surface area contributed by atoms with E-state index in [-0.39, 0.29) is 23.9 Å². The molecule has 1 saturated heterocycles. The van der Waals surface area contributed by atoms with E-state index in [9.17, 15) is 9.59 Å². The number of benzene rings is 2. The number of para-hydroxylation sites is 1. The van der Waals surface area contributed by atoms with E-state index in [0.717, 1.165) is 28.3 Å². The van der Waals surface area contributed by atoms with E-state index >= 15 is 4.39 Å². The van der Waals surface area contributed by atoms with E-state index in [0.29, 0.717) is 74.5 Å². The molecule has 0 spiro atoms. The molecule has 1 fully saturated rings. The van der Waals surface area contributed by atoms with Crippen LogP contribution in [0.4, 0.5) is 10.2 Å². The molecule has 2 aromatic heterocycles. The number of carbonyl (C=O) groups is 2. The molecule has 0 aliphatic carbocycles. The van der Waals surface area contributed by atoms with E-state index in [4.69, 9.17) is 9.47 Å². The van der Waals surface area contributed by atoms with Gasteiger partial charge in [0.15, 0.2) is 5.82 Å². The third kappa shape index (κ3) is 6.56. The van der Waals surface area contributed by atoms with Crippen LogP contribution in [-0.4, -0.2) is 109 Å². The molecule has 13 heteroatoms. The number of amides is 2. The number of nitrogens with one attached hydrogen (secondary N) is 2. The van der Waals surface area contributed by atoms with E-state index in [1.54, 1.807) is 42.3 Å². The van der Waals surface area contributed by atoms with Crippen LogP contribution in [0, 0.1) is 5.82 Å². The van der Waals surface area contributed by atoms with Gasteiger partial charge in [-0.05, 0) is 41.8 Å². The minimum Gasteiger partial charge on any atom is -0.497 e. The molecular weight excluding hydrogens is 639 g/mol. The lowest BCUT2D eigenvalue weighted by atomic mass is 9.93. The largest absolute Gasteiger partial charge is 0.497 e. The number of carbonyl (C=O) groups excluding carboxylic acids is 2. The van der Waals surface area contributed by atoms with Gasteiger partial charge in [-0.15, -0.1) is 5.53 Å². The summed E-state index contributed by atoms with van der Waals surface area (Å²) in [6, 6.07) is 14.8. The van der Waals surface area contributed by atoms with Gasteiger partial charge >= 0.3 is 0 Å². The van der Waals surface area contributed by atoms with Crippen LogP contribution >= 0.6 is 0 Å². The maximum Gasteiger partial charge on any atom is 0.270 e. The summed E-state index contributed by atoms with van der Waals surface area (Å²) in [7, 11) is 5.11. The van der Waals surface area contributed by atoms with Gasteiger partial charge in [0, 0.05) is 100 Å². The van der Waals surface area contributed by atoms with Gasteiger partial charge in [0.05, 0.1) is 19.7 Å². The number of piperazine rings is 1. The number of halogens is 1. The van der Waals surface area contributed by atoms with E-state index in [1.165, 1.54) is 0 Å². The maximum absolute atomic E-state index is 16.7. The Bertz CT molecular complexity index is 1970. The fourth-order valence-electron chi connectivity index (χ4n) is 6.81. The lowest BCUT2D eigenvalue weighted by Gasteiger charge is -2.35. The molecular formula is C37H41FN8O4. The zero-order valence-electron chi connectivity index (χ0n) is 28.5. The summed E-state index contributed by atoms with van der Waals surface area (Å²) in [6.45, 7) is 3.53. The lowest BCUT2D eigenvalue weighted by Crippen LogP contribution is -2.49. The normalized spacial score (nSPS) is 16.3. The summed E-state index contributed by atoms with van der Waals surface area (Å²) < 4.78 is 27.8.